The molecule has 0 aliphatic carbocycles. The van der Waals surface area contributed by atoms with E-state index in [2.05, 4.69) is 29.2 Å². The Kier molecular flexibility index (Phi) is 5.17. The highest BCUT2D eigenvalue weighted by Gasteiger charge is 2.24. The highest BCUT2D eigenvalue weighted by atomic mass is 16.3. The SMILES string of the molecule is NCC(CN1CCC(CCO)C1)c1ccccc1. The van der Waals surface area contributed by atoms with Crippen molar-refractivity contribution in [1.29, 1.82) is 0 Å². The van der Waals surface area contributed by atoms with Crippen LogP contribution in [0.3, 0.4) is 0 Å². The summed E-state index contributed by atoms with van der Waals surface area (Å²) in [4.78, 5) is 2.49. The summed E-state index contributed by atoms with van der Waals surface area (Å²) in [6, 6.07) is 10.5. The van der Waals surface area contributed by atoms with E-state index < -0.39 is 0 Å². The molecule has 1 aromatic carbocycles. The van der Waals surface area contributed by atoms with Gasteiger partial charge in [-0.3, -0.25) is 0 Å². The van der Waals surface area contributed by atoms with E-state index in [1.165, 1.54) is 12.0 Å². The van der Waals surface area contributed by atoms with Crippen molar-refractivity contribution in [3.8, 4) is 0 Å². The smallest absolute Gasteiger partial charge is 0.0434 e. The van der Waals surface area contributed by atoms with Crippen LogP contribution in [0.1, 0.15) is 24.3 Å². The predicted octanol–water partition coefficient (Wildman–Crippen LogP) is 1.43. The molecule has 1 saturated heterocycles. The molecule has 3 heteroatoms. The number of likely N-dealkylation sites (tertiary alicyclic amines) is 1. The van der Waals surface area contributed by atoms with Gasteiger partial charge in [-0.2, -0.15) is 0 Å². The van der Waals surface area contributed by atoms with Crippen molar-refractivity contribution in [2.45, 2.75) is 18.8 Å². The molecule has 0 amide bonds. The first-order valence-electron chi connectivity index (χ1n) is 6.91. The van der Waals surface area contributed by atoms with Gasteiger partial charge in [0.1, 0.15) is 0 Å². The predicted molar refractivity (Wildman–Crippen MR) is 74.5 cm³/mol. The number of nitrogens with zero attached hydrogens (tertiary/aromatic N) is 1. The standard InChI is InChI=1S/C15H24N2O/c16-10-15(14-4-2-1-3-5-14)12-17-8-6-13(11-17)7-9-18/h1-5,13,15,18H,6-12,16H2. The maximum absolute atomic E-state index is 8.98. The molecule has 1 heterocycles. The third-order valence-corrected chi connectivity index (χ3v) is 3.94. The second-order valence-electron chi connectivity index (χ2n) is 5.27. The zero-order valence-corrected chi connectivity index (χ0v) is 11.0. The van der Waals surface area contributed by atoms with Crippen LogP contribution in [0.25, 0.3) is 0 Å². The Balaban J connectivity index is 1.88. The summed E-state index contributed by atoms with van der Waals surface area (Å²) in [7, 11) is 0. The van der Waals surface area contributed by atoms with Gasteiger partial charge in [-0.1, -0.05) is 30.3 Å². The van der Waals surface area contributed by atoms with Crippen LogP contribution in [-0.4, -0.2) is 42.8 Å². The zero-order chi connectivity index (χ0) is 12.8. The lowest BCUT2D eigenvalue weighted by molar-refractivity contribution is 0.248. The Morgan fingerprint density at radius 1 is 1.33 bits per heavy atom. The quantitative estimate of drug-likeness (QED) is 0.801. The van der Waals surface area contributed by atoms with Gasteiger partial charge >= 0.3 is 0 Å². The van der Waals surface area contributed by atoms with Gasteiger partial charge in [0.25, 0.3) is 0 Å². The number of rotatable bonds is 6. The fraction of sp³-hybridized carbons (Fsp3) is 0.600. The fourth-order valence-corrected chi connectivity index (χ4v) is 2.85. The van der Waals surface area contributed by atoms with E-state index in [9.17, 15) is 0 Å². The first-order valence-corrected chi connectivity index (χ1v) is 6.91. The molecule has 0 spiro atoms. The first kappa shape index (κ1) is 13.5. The third-order valence-electron chi connectivity index (χ3n) is 3.94. The third kappa shape index (κ3) is 3.55. The molecule has 1 fully saturated rings. The Hall–Kier alpha value is -0.900. The zero-order valence-electron chi connectivity index (χ0n) is 11.0. The van der Waals surface area contributed by atoms with Crippen LogP contribution in [0.4, 0.5) is 0 Å². The summed E-state index contributed by atoms with van der Waals surface area (Å²) in [6.45, 7) is 4.32. The van der Waals surface area contributed by atoms with Crippen molar-refractivity contribution < 1.29 is 5.11 Å². The molecule has 18 heavy (non-hydrogen) atoms. The normalized spacial score (nSPS) is 22.2. The molecule has 2 rings (SSSR count). The first-order chi connectivity index (χ1) is 8.83. The van der Waals surface area contributed by atoms with Crippen molar-refractivity contribution in [3.05, 3.63) is 35.9 Å². The minimum Gasteiger partial charge on any atom is -0.396 e. The summed E-state index contributed by atoms with van der Waals surface area (Å²) < 4.78 is 0. The summed E-state index contributed by atoms with van der Waals surface area (Å²) in [6.07, 6.45) is 2.15. The van der Waals surface area contributed by atoms with Gasteiger partial charge in [0, 0.05) is 32.2 Å². The minimum atomic E-state index is 0.317. The number of aliphatic hydroxyl groups excluding tert-OH is 1. The molecule has 2 atom stereocenters. The van der Waals surface area contributed by atoms with Crippen LogP contribution in [0, 0.1) is 5.92 Å². The van der Waals surface area contributed by atoms with Gasteiger partial charge in [-0.15, -0.1) is 0 Å². The number of benzene rings is 1. The van der Waals surface area contributed by atoms with Gasteiger partial charge in [0.05, 0.1) is 0 Å². The lowest BCUT2D eigenvalue weighted by atomic mass is 9.99. The number of nitrogens with two attached hydrogens (primary N) is 1. The van der Waals surface area contributed by atoms with Gasteiger partial charge in [0.2, 0.25) is 0 Å². The van der Waals surface area contributed by atoms with Crippen molar-refractivity contribution in [2.24, 2.45) is 11.7 Å². The van der Waals surface area contributed by atoms with Gasteiger partial charge in [0.15, 0.2) is 0 Å². The summed E-state index contributed by atoms with van der Waals surface area (Å²) in [5, 5.41) is 8.98. The molecule has 0 aromatic heterocycles. The lowest BCUT2D eigenvalue weighted by Gasteiger charge is -2.23. The highest BCUT2D eigenvalue weighted by Crippen LogP contribution is 2.23. The number of aliphatic hydroxyl groups is 1. The largest absolute Gasteiger partial charge is 0.396 e. The van der Waals surface area contributed by atoms with Crippen LogP contribution in [-0.2, 0) is 0 Å². The van der Waals surface area contributed by atoms with Crippen molar-refractivity contribution in [3.63, 3.8) is 0 Å². The monoisotopic (exact) mass is 248 g/mol. The second kappa shape index (κ2) is 6.88. The topological polar surface area (TPSA) is 49.5 Å². The van der Waals surface area contributed by atoms with Crippen LogP contribution < -0.4 is 5.73 Å². The summed E-state index contributed by atoms with van der Waals surface area (Å²) in [5.41, 5.74) is 7.25. The molecule has 0 radical (unpaired) electrons. The summed E-state index contributed by atoms with van der Waals surface area (Å²) >= 11 is 0. The molecule has 1 aliphatic heterocycles. The molecule has 100 valence electrons. The van der Waals surface area contributed by atoms with Crippen LogP contribution >= 0.6 is 0 Å². The maximum Gasteiger partial charge on any atom is 0.0434 e. The van der Waals surface area contributed by atoms with Crippen molar-refractivity contribution in [2.75, 3.05) is 32.8 Å². The molecule has 3 nitrogen and oxygen atoms in total. The van der Waals surface area contributed by atoms with Crippen molar-refractivity contribution >= 4 is 0 Å². The van der Waals surface area contributed by atoms with E-state index in [4.69, 9.17) is 10.8 Å². The van der Waals surface area contributed by atoms with Gasteiger partial charge < -0.3 is 15.7 Å². The van der Waals surface area contributed by atoms with Gasteiger partial charge in [-0.25, -0.2) is 0 Å². The van der Waals surface area contributed by atoms with E-state index in [-0.39, 0.29) is 0 Å². The van der Waals surface area contributed by atoms with Gasteiger partial charge in [-0.05, 0) is 30.9 Å². The summed E-state index contributed by atoms with van der Waals surface area (Å²) in [5.74, 6) is 1.10. The molecule has 1 aromatic rings. The Labute approximate surface area is 110 Å². The molecular formula is C15H24N2O. The highest BCUT2D eigenvalue weighted by molar-refractivity contribution is 5.20. The maximum atomic E-state index is 8.98. The lowest BCUT2D eigenvalue weighted by Crippen LogP contribution is -2.30. The van der Waals surface area contributed by atoms with Crippen molar-refractivity contribution in [1.82, 2.24) is 4.90 Å². The van der Waals surface area contributed by atoms with Crippen LogP contribution in [0.2, 0.25) is 0 Å². The number of hydrogen-bond acceptors (Lipinski definition) is 3. The van der Waals surface area contributed by atoms with Crippen LogP contribution in [0.15, 0.2) is 30.3 Å². The van der Waals surface area contributed by atoms with E-state index in [0.29, 0.717) is 25.0 Å². The molecular weight excluding hydrogens is 224 g/mol. The molecule has 3 N–H and O–H groups in total. The Morgan fingerprint density at radius 3 is 2.78 bits per heavy atom. The average molecular weight is 248 g/mol. The molecule has 1 aliphatic rings. The number of hydrogen-bond donors (Lipinski definition) is 2. The second-order valence-corrected chi connectivity index (χ2v) is 5.27. The van der Waals surface area contributed by atoms with E-state index in [1.807, 2.05) is 6.07 Å². The van der Waals surface area contributed by atoms with E-state index in [0.717, 1.165) is 26.1 Å². The molecule has 0 saturated carbocycles. The Bertz CT molecular complexity index is 342. The van der Waals surface area contributed by atoms with Crippen LogP contribution in [0.5, 0.6) is 0 Å². The molecule has 2 unspecified atom stereocenters. The van der Waals surface area contributed by atoms with E-state index in [1.54, 1.807) is 0 Å². The minimum absolute atomic E-state index is 0.317. The molecule has 0 bridgehead atoms. The fourth-order valence-electron chi connectivity index (χ4n) is 2.85. The van der Waals surface area contributed by atoms with E-state index >= 15 is 0 Å². The Morgan fingerprint density at radius 2 is 2.11 bits per heavy atom. The average Bonchev–Trinajstić information content (AvgIpc) is 2.85.